The first-order valence-electron chi connectivity index (χ1n) is 5.69. The fourth-order valence-corrected chi connectivity index (χ4v) is 2.46. The first-order chi connectivity index (χ1) is 7.81. The van der Waals surface area contributed by atoms with E-state index in [4.69, 9.17) is 0 Å². The summed E-state index contributed by atoms with van der Waals surface area (Å²) in [7, 11) is 0. The van der Waals surface area contributed by atoms with Crippen LogP contribution in [0.1, 0.15) is 37.7 Å². The number of nitrogens with zero attached hydrogens (tertiary/aromatic N) is 1. The Morgan fingerprint density at radius 2 is 1.69 bits per heavy atom. The van der Waals surface area contributed by atoms with Gasteiger partial charge >= 0.3 is 0 Å². The summed E-state index contributed by atoms with van der Waals surface area (Å²) in [6, 6.07) is 10.4. The Morgan fingerprint density at radius 3 is 2.25 bits per heavy atom. The predicted molar refractivity (Wildman–Crippen MR) is 69.8 cm³/mol. The van der Waals surface area contributed by atoms with Gasteiger partial charge in [0.15, 0.2) is 0 Å². The Morgan fingerprint density at radius 1 is 1.06 bits per heavy atom. The lowest BCUT2D eigenvalue weighted by Crippen LogP contribution is -1.97. The molecule has 0 unspecified atom stereocenters. The van der Waals surface area contributed by atoms with Crippen LogP contribution in [0.5, 0.6) is 0 Å². The monoisotopic (exact) mass is 275 g/mol. The molecule has 0 amide bonds. The Labute approximate surface area is 105 Å². The van der Waals surface area contributed by atoms with Crippen molar-refractivity contribution in [1.29, 1.82) is 5.26 Å². The van der Waals surface area contributed by atoms with E-state index in [0.717, 1.165) is 28.5 Å². The highest BCUT2D eigenvalue weighted by atomic mass is 79.9. The Hall–Kier alpha value is -1.07. The standard InChI is InChI=1S/C14H14BrN/c15-13-8-6-12(7-9-13)14(10-16)11-4-2-1-3-5-11/h6-9H,1-5H2. The van der Waals surface area contributed by atoms with Gasteiger partial charge in [0.25, 0.3) is 0 Å². The molecule has 0 aromatic heterocycles. The second-order valence-corrected chi connectivity index (χ2v) is 5.07. The molecule has 0 N–H and O–H groups in total. The van der Waals surface area contributed by atoms with Crippen molar-refractivity contribution in [2.45, 2.75) is 32.1 Å². The maximum absolute atomic E-state index is 9.28. The van der Waals surface area contributed by atoms with E-state index in [1.165, 1.54) is 24.8 Å². The van der Waals surface area contributed by atoms with Crippen molar-refractivity contribution in [3.05, 3.63) is 39.9 Å². The molecule has 1 saturated carbocycles. The molecule has 1 nitrogen and oxygen atoms in total. The average molecular weight is 276 g/mol. The minimum absolute atomic E-state index is 0.896. The summed E-state index contributed by atoms with van der Waals surface area (Å²) in [5.74, 6) is 0. The van der Waals surface area contributed by atoms with E-state index in [2.05, 4.69) is 22.0 Å². The molecule has 2 heteroatoms. The van der Waals surface area contributed by atoms with Crippen molar-refractivity contribution in [1.82, 2.24) is 0 Å². The van der Waals surface area contributed by atoms with Crippen molar-refractivity contribution >= 4 is 21.5 Å². The molecule has 1 aromatic carbocycles. The lowest BCUT2D eigenvalue weighted by Gasteiger charge is -2.15. The third kappa shape index (κ3) is 2.54. The van der Waals surface area contributed by atoms with Gasteiger partial charge in [0.05, 0.1) is 11.6 Å². The third-order valence-electron chi connectivity index (χ3n) is 3.06. The van der Waals surface area contributed by atoms with Crippen LogP contribution in [-0.2, 0) is 0 Å². The molecule has 16 heavy (non-hydrogen) atoms. The van der Waals surface area contributed by atoms with Crippen molar-refractivity contribution in [3.63, 3.8) is 0 Å². The topological polar surface area (TPSA) is 23.8 Å². The second kappa shape index (κ2) is 5.32. The number of allylic oxidation sites excluding steroid dienone is 2. The summed E-state index contributed by atoms with van der Waals surface area (Å²) in [5, 5.41) is 9.28. The number of nitriles is 1. The zero-order chi connectivity index (χ0) is 11.4. The summed E-state index contributed by atoms with van der Waals surface area (Å²) in [5.41, 5.74) is 3.30. The normalized spacial score (nSPS) is 15.6. The van der Waals surface area contributed by atoms with Crippen LogP contribution in [0.2, 0.25) is 0 Å². The van der Waals surface area contributed by atoms with Crippen LogP contribution in [-0.4, -0.2) is 0 Å². The summed E-state index contributed by atoms with van der Waals surface area (Å²) in [4.78, 5) is 0. The molecule has 0 atom stereocenters. The van der Waals surface area contributed by atoms with E-state index < -0.39 is 0 Å². The number of hydrogen-bond donors (Lipinski definition) is 0. The van der Waals surface area contributed by atoms with Gasteiger partial charge in [-0.05, 0) is 43.4 Å². The third-order valence-corrected chi connectivity index (χ3v) is 3.58. The quantitative estimate of drug-likeness (QED) is 0.682. The first kappa shape index (κ1) is 11.4. The SMILES string of the molecule is N#CC(=C1CCCCC1)c1ccc(Br)cc1. The number of hydrogen-bond acceptors (Lipinski definition) is 1. The maximum Gasteiger partial charge on any atom is 0.0997 e. The fourth-order valence-electron chi connectivity index (χ4n) is 2.19. The van der Waals surface area contributed by atoms with Crippen LogP contribution in [0.4, 0.5) is 0 Å². The molecule has 0 spiro atoms. The zero-order valence-electron chi connectivity index (χ0n) is 9.17. The Bertz CT molecular complexity index is 429. The number of rotatable bonds is 1. The molecule has 1 fully saturated rings. The molecule has 0 saturated heterocycles. The molecular weight excluding hydrogens is 262 g/mol. The molecule has 1 aliphatic carbocycles. The van der Waals surface area contributed by atoms with E-state index in [1.807, 2.05) is 24.3 Å². The van der Waals surface area contributed by atoms with Crippen molar-refractivity contribution in [3.8, 4) is 6.07 Å². The average Bonchev–Trinajstić information content (AvgIpc) is 2.34. The van der Waals surface area contributed by atoms with Crippen LogP contribution in [0.25, 0.3) is 5.57 Å². The molecule has 0 heterocycles. The minimum atomic E-state index is 0.896. The van der Waals surface area contributed by atoms with E-state index in [0.29, 0.717) is 0 Å². The van der Waals surface area contributed by atoms with Gasteiger partial charge in [-0.1, -0.05) is 40.1 Å². The zero-order valence-corrected chi connectivity index (χ0v) is 10.8. The molecular formula is C14H14BrN. The predicted octanol–water partition coefficient (Wildman–Crippen LogP) is 4.69. The van der Waals surface area contributed by atoms with Gasteiger partial charge in [-0.3, -0.25) is 0 Å². The van der Waals surface area contributed by atoms with Crippen molar-refractivity contribution < 1.29 is 0 Å². The lowest BCUT2D eigenvalue weighted by atomic mass is 9.89. The first-order valence-corrected chi connectivity index (χ1v) is 6.48. The van der Waals surface area contributed by atoms with Crippen molar-refractivity contribution in [2.75, 3.05) is 0 Å². The summed E-state index contributed by atoms with van der Waals surface area (Å²) in [6.45, 7) is 0. The number of benzene rings is 1. The Kier molecular flexibility index (Phi) is 3.79. The van der Waals surface area contributed by atoms with Gasteiger partial charge in [0, 0.05) is 4.47 Å². The van der Waals surface area contributed by atoms with Gasteiger partial charge in [0.2, 0.25) is 0 Å². The minimum Gasteiger partial charge on any atom is -0.192 e. The summed E-state index contributed by atoms with van der Waals surface area (Å²) >= 11 is 3.41. The molecule has 0 aliphatic heterocycles. The largest absolute Gasteiger partial charge is 0.192 e. The maximum atomic E-state index is 9.28. The van der Waals surface area contributed by atoms with Gasteiger partial charge in [-0.15, -0.1) is 0 Å². The van der Waals surface area contributed by atoms with Gasteiger partial charge < -0.3 is 0 Å². The number of halogens is 1. The van der Waals surface area contributed by atoms with Crippen LogP contribution in [0.3, 0.4) is 0 Å². The molecule has 0 bridgehead atoms. The van der Waals surface area contributed by atoms with E-state index in [-0.39, 0.29) is 0 Å². The van der Waals surface area contributed by atoms with Crippen LogP contribution < -0.4 is 0 Å². The lowest BCUT2D eigenvalue weighted by molar-refractivity contribution is 0.601. The molecule has 2 rings (SSSR count). The molecule has 1 aromatic rings. The summed E-state index contributed by atoms with van der Waals surface area (Å²) < 4.78 is 1.06. The van der Waals surface area contributed by atoms with Crippen molar-refractivity contribution in [2.24, 2.45) is 0 Å². The van der Waals surface area contributed by atoms with Crippen LogP contribution in [0.15, 0.2) is 34.3 Å². The smallest absolute Gasteiger partial charge is 0.0997 e. The van der Waals surface area contributed by atoms with E-state index >= 15 is 0 Å². The second-order valence-electron chi connectivity index (χ2n) is 4.16. The van der Waals surface area contributed by atoms with E-state index in [1.54, 1.807) is 0 Å². The molecule has 82 valence electrons. The summed E-state index contributed by atoms with van der Waals surface area (Å²) in [6.07, 6.45) is 5.97. The molecule has 0 radical (unpaired) electrons. The highest BCUT2D eigenvalue weighted by molar-refractivity contribution is 9.10. The highest BCUT2D eigenvalue weighted by Crippen LogP contribution is 2.30. The fraction of sp³-hybridized carbons (Fsp3) is 0.357. The van der Waals surface area contributed by atoms with Crippen LogP contribution >= 0.6 is 15.9 Å². The van der Waals surface area contributed by atoms with Gasteiger partial charge in [0.1, 0.15) is 0 Å². The van der Waals surface area contributed by atoms with Gasteiger partial charge in [-0.25, -0.2) is 0 Å². The van der Waals surface area contributed by atoms with E-state index in [9.17, 15) is 5.26 Å². The van der Waals surface area contributed by atoms with Gasteiger partial charge in [-0.2, -0.15) is 5.26 Å². The Balaban J connectivity index is 2.35. The highest BCUT2D eigenvalue weighted by Gasteiger charge is 2.12. The molecule has 1 aliphatic rings. The van der Waals surface area contributed by atoms with Crippen LogP contribution in [0, 0.1) is 11.3 Å².